The summed E-state index contributed by atoms with van der Waals surface area (Å²) >= 11 is 0. The third-order valence-corrected chi connectivity index (χ3v) is 7.54. The zero-order chi connectivity index (χ0) is 27.4. The van der Waals surface area contributed by atoms with E-state index in [1.54, 1.807) is 26.4 Å². The molecule has 1 amide bonds. The largest absolute Gasteiger partial charge is 0.493 e. The number of carbonyl (C=O) groups excluding carboxylic acids is 1. The van der Waals surface area contributed by atoms with Crippen LogP contribution in [-0.2, 0) is 16.4 Å². The molecule has 198 valence electrons. The van der Waals surface area contributed by atoms with Gasteiger partial charge in [-0.05, 0) is 67.8 Å². The van der Waals surface area contributed by atoms with Gasteiger partial charge < -0.3 is 19.8 Å². The molecule has 0 aliphatic rings. The molecule has 0 unspecified atom stereocenters. The van der Waals surface area contributed by atoms with Crippen molar-refractivity contribution in [1.29, 1.82) is 0 Å². The Morgan fingerprint density at radius 3 is 2.42 bits per heavy atom. The fourth-order valence-electron chi connectivity index (χ4n) is 4.12. The molecule has 9 nitrogen and oxygen atoms in total. The fraction of sp³-hybridized carbons (Fsp3) is 0.214. The fourth-order valence-corrected chi connectivity index (χ4v) is 5.27. The predicted octanol–water partition coefficient (Wildman–Crippen LogP) is 3.94. The number of pyridine rings is 1. The Morgan fingerprint density at radius 2 is 1.71 bits per heavy atom. The van der Waals surface area contributed by atoms with Gasteiger partial charge in [-0.3, -0.25) is 14.3 Å². The zero-order valence-corrected chi connectivity index (χ0v) is 22.4. The van der Waals surface area contributed by atoms with Gasteiger partial charge in [0.05, 0.1) is 24.8 Å². The number of methoxy groups -OCH3 is 2. The first-order valence-electron chi connectivity index (χ1n) is 11.9. The summed E-state index contributed by atoms with van der Waals surface area (Å²) in [4.78, 5) is 28.8. The molecule has 1 heterocycles. The Kier molecular flexibility index (Phi) is 7.72. The molecule has 3 aromatic carbocycles. The molecule has 0 aliphatic carbocycles. The van der Waals surface area contributed by atoms with Crippen molar-refractivity contribution in [1.82, 2.24) is 10.3 Å². The summed E-state index contributed by atoms with van der Waals surface area (Å²) in [6.45, 7) is 4.01. The molecule has 0 saturated heterocycles. The number of aromatic nitrogens is 1. The Morgan fingerprint density at radius 1 is 0.947 bits per heavy atom. The minimum Gasteiger partial charge on any atom is -0.493 e. The molecule has 4 aromatic rings. The topological polar surface area (TPSA) is 127 Å². The van der Waals surface area contributed by atoms with Crippen molar-refractivity contribution in [2.75, 3.05) is 25.5 Å². The van der Waals surface area contributed by atoms with Gasteiger partial charge in [0.25, 0.3) is 15.9 Å². The number of anilines is 1. The number of rotatable bonds is 9. The molecule has 1 aromatic heterocycles. The van der Waals surface area contributed by atoms with E-state index in [0.29, 0.717) is 29.1 Å². The smallest absolute Gasteiger partial charge is 0.261 e. The van der Waals surface area contributed by atoms with E-state index in [-0.39, 0.29) is 22.4 Å². The van der Waals surface area contributed by atoms with Gasteiger partial charge in [-0.2, -0.15) is 0 Å². The van der Waals surface area contributed by atoms with Crippen molar-refractivity contribution in [3.05, 3.63) is 93.3 Å². The number of hydrogen-bond acceptors (Lipinski definition) is 6. The van der Waals surface area contributed by atoms with E-state index in [0.717, 1.165) is 16.7 Å². The summed E-state index contributed by atoms with van der Waals surface area (Å²) in [5.74, 6) is 0.629. The number of H-pyrrole nitrogens is 1. The van der Waals surface area contributed by atoms with Crippen LogP contribution in [0.1, 0.15) is 27.0 Å². The number of amides is 1. The molecule has 0 saturated carbocycles. The van der Waals surface area contributed by atoms with Gasteiger partial charge in [0.1, 0.15) is 5.56 Å². The molecule has 0 spiro atoms. The molecule has 4 rings (SSSR count). The van der Waals surface area contributed by atoms with Crippen molar-refractivity contribution in [3.8, 4) is 11.5 Å². The number of ether oxygens (including phenoxy) is 2. The molecule has 3 N–H and O–H groups in total. The second kappa shape index (κ2) is 11.0. The van der Waals surface area contributed by atoms with E-state index in [1.165, 1.54) is 24.4 Å². The van der Waals surface area contributed by atoms with Crippen LogP contribution in [0.15, 0.2) is 70.5 Å². The van der Waals surface area contributed by atoms with Crippen molar-refractivity contribution < 1.29 is 22.7 Å². The highest BCUT2D eigenvalue weighted by Gasteiger charge is 2.19. The lowest BCUT2D eigenvalue weighted by atomic mass is 10.1. The molecule has 0 fully saturated rings. The Hall–Kier alpha value is -4.31. The monoisotopic (exact) mass is 535 g/mol. The first kappa shape index (κ1) is 26.7. The average Bonchev–Trinajstić information content (AvgIpc) is 2.90. The molecule has 38 heavy (non-hydrogen) atoms. The quantitative estimate of drug-likeness (QED) is 0.298. The van der Waals surface area contributed by atoms with Crippen LogP contribution >= 0.6 is 0 Å². The first-order valence-corrected chi connectivity index (χ1v) is 13.4. The summed E-state index contributed by atoms with van der Waals surface area (Å²) in [7, 11) is -0.867. The van der Waals surface area contributed by atoms with E-state index >= 15 is 0 Å². The van der Waals surface area contributed by atoms with Crippen LogP contribution < -0.4 is 24.9 Å². The predicted molar refractivity (Wildman–Crippen MR) is 147 cm³/mol. The van der Waals surface area contributed by atoms with Crippen molar-refractivity contribution in [2.24, 2.45) is 0 Å². The maximum atomic E-state index is 13.2. The summed E-state index contributed by atoms with van der Waals surface area (Å²) in [5, 5.41) is 2.84. The van der Waals surface area contributed by atoms with Gasteiger partial charge in [-0.25, -0.2) is 8.42 Å². The molecule has 0 atom stereocenters. The van der Waals surface area contributed by atoms with Gasteiger partial charge in [0, 0.05) is 23.6 Å². The molecular weight excluding hydrogens is 506 g/mol. The molecule has 0 bridgehead atoms. The van der Waals surface area contributed by atoms with Crippen LogP contribution in [-0.4, -0.2) is 40.1 Å². The summed E-state index contributed by atoms with van der Waals surface area (Å²) in [6, 6.07) is 15.0. The summed E-state index contributed by atoms with van der Waals surface area (Å²) in [6.07, 6.45) is 1.84. The molecular formula is C28H29N3O6S. The second-order valence-electron chi connectivity index (χ2n) is 8.86. The normalized spacial score (nSPS) is 11.3. The van der Waals surface area contributed by atoms with Crippen molar-refractivity contribution in [2.45, 2.75) is 25.2 Å². The lowest BCUT2D eigenvalue weighted by Gasteiger charge is -2.12. The third-order valence-electron chi connectivity index (χ3n) is 6.18. The number of sulfonamides is 1. The first-order chi connectivity index (χ1) is 18.1. The highest BCUT2D eigenvalue weighted by Crippen LogP contribution is 2.27. The lowest BCUT2D eigenvalue weighted by Crippen LogP contribution is -2.30. The van der Waals surface area contributed by atoms with E-state index in [2.05, 4.69) is 15.0 Å². The van der Waals surface area contributed by atoms with Crippen molar-refractivity contribution in [3.63, 3.8) is 0 Å². The van der Waals surface area contributed by atoms with Gasteiger partial charge in [0.2, 0.25) is 5.43 Å². The maximum absolute atomic E-state index is 13.2. The van der Waals surface area contributed by atoms with Crippen LogP contribution in [0.5, 0.6) is 11.5 Å². The highest BCUT2D eigenvalue weighted by molar-refractivity contribution is 7.92. The van der Waals surface area contributed by atoms with Crippen LogP contribution in [0.2, 0.25) is 0 Å². The van der Waals surface area contributed by atoms with Crippen molar-refractivity contribution >= 4 is 32.5 Å². The Bertz CT molecular complexity index is 1680. The third kappa shape index (κ3) is 5.65. The minimum atomic E-state index is -3.97. The van der Waals surface area contributed by atoms with Gasteiger partial charge in [0.15, 0.2) is 11.5 Å². The maximum Gasteiger partial charge on any atom is 0.261 e. The number of hydrogen-bond donors (Lipinski definition) is 3. The van der Waals surface area contributed by atoms with Gasteiger partial charge in [-0.15, -0.1) is 0 Å². The van der Waals surface area contributed by atoms with E-state index in [1.807, 2.05) is 38.1 Å². The number of carbonyl (C=O) groups is 1. The number of nitrogens with one attached hydrogen (secondary N) is 3. The number of aromatic amines is 1. The Labute approximate surface area is 220 Å². The van der Waals surface area contributed by atoms with E-state index < -0.39 is 21.4 Å². The van der Waals surface area contributed by atoms with Crippen LogP contribution in [0, 0.1) is 13.8 Å². The Balaban J connectivity index is 1.53. The lowest BCUT2D eigenvalue weighted by molar-refractivity contribution is 0.0953. The van der Waals surface area contributed by atoms with Crippen LogP contribution in [0.4, 0.5) is 5.69 Å². The number of fused-ring (bicyclic) bond motifs is 1. The van der Waals surface area contributed by atoms with E-state index in [4.69, 9.17) is 9.47 Å². The minimum absolute atomic E-state index is 0.0820. The molecule has 0 radical (unpaired) electrons. The highest BCUT2D eigenvalue weighted by atomic mass is 32.2. The second-order valence-corrected chi connectivity index (χ2v) is 10.5. The van der Waals surface area contributed by atoms with E-state index in [9.17, 15) is 18.0 Å². The SMILES string of the molecule is COc1ccc(CCNC(=O)c2c[nH]c3ccc(S(=O)(=O)Nc4ccc(C)cc4C)cc3c2=O)cc1OC. The van der Waals surface area contributed by atoms with Crippen LogP contribution in [0.3, 0.4) is 0 Å². The van der Waals surface area contributed by atoms with Gasteiger partial charge >= 0.3 is 0 Å². The summed E-state index contributed by atoms with van der Waals surface area (Å²) < 4.78 is 39.2. The number of aryl methyl sites for hydroxylation is 2. The number of benzene rings is 3. The van der Waals surface area contributed by atoms with Gasteiger partial charge in [-0.1, -0.05) is 23.8 Å². The molecule has 0 aliphatic heterocycles. The average molecular weight is 536 g/mol. The molecule has 10 heteroatoms. The van der Waals surface area contributed by atoms with Crippen LogP contribution in [0.25, 0.3) is 10.9 Å². The summed E-state index contributed by atoms with van der Waals surface area (Å²) in [5.41, 5.74) is 2.90. The zero-order valence-electron chi connectivity index (χ0n) is 21.5. The standard InChI is InChI=1S/C28H29N3O6S/c1-17-5-8-23(18(2)13-17)31-38(34,35)20-7-9-24-21(15-20)27(32)22(16-30-24)28(33)29-12-11-19-6-10-25(36-3)26(14-19)37-4/h5-10,13-16,31H,11-12H2,1-4H3,(H,29,33)(H,30,32).